The van der Waals surface area contributed by atoms with E-state index in [0.717, 1.165) is 17.5 Å². The van der Waals surface area contributed by atoms with Crippen LogP contribution in [0.15, 0.2) is 54.7 Å². The minimum absolute atomic E-state index is 0.0663. The Balaban J connectivity index is 1.73. The maximum Gasteiger partial charge on any atom is 0.178 e. The highest BCUT2D eigenvalue weighted by Crippen LogP contribution is 2.35. The number of carbonyl (C=O) groups excluding carboxylic acids is 1. The van der Waals surface area contributed by atoms with Gasteiger partial charge in [0.25, 0.3) is 0 Å². The zero-order valence-corrected chi connectivity index (χ0v) is 19.3. The predicted molar refractivity (Wildman–Crippen MR) is 127 cm³/mol. The lowest BCUT2D eigenvalue weighted by atomic mass is 10.1. The number of H-pyrrole nitrogens is 1. The van der Waals surface area contributed by atoms with E-state index in [2.05, 4.69) is 15.0 Å². The molecule has 0 radical (unpaired) electrons. The molecule has 2 aromatic carbocycles. The van der Waals surface area contributed by atoms with Crippen molar-refractivity contribution in [2.24, 2.45) is 0 Å². The van der Waals surface area contributed by atoms with Crippen LogP contribution in [0.4, 0.5) is 0 Å². The summed E-state index contributed by atoms with van der Waals surface area (Å²) in [4.78, 5) is 23.8. The molecule has 0 saturated heterocycles. The van der Waals surface area contributed by atoms with Crippen molar-refractivity contribution < 1.29 is 19.0 Å². The molecule has 0 aliphatic carbocycles. The molecule has 2 aromatic heterocycles. The minimum atomic E-state index is -0.117. The van der Waals surface area contributed by atoms with Gasteiger partial charge < -0.3 is 19.2 Å². The number of ether oxygens (including phenoxy) is 3. The number of ketones is 1. The molecule has 1 unspecified atom stereocenters. The van der Waals surface area contributed by atoms with Crippen LogP contribution in [0.1, 0.15) is 30.6 Å². The van der Waals surface area contributed by atoms with Crippen LogP contribution in [-0.2, 0) is 4.74 Å². The van der Waals surface area contributed by atoms with Crippen molar-refractivity contribution in [1.29, 1.82) is 0 Å². The number of halogens is 1. The third-order valence-electron chi connectivity index (χ3n) is 5.09. The second kappa shape index (κ2) is 10.0. The van der Waals surface area contributed by atoms with Gasteiger partial charge in [0.05, 0.1) is 17.1 Å². The van der Waals surface area contributed by atoms with Crippen LogP contribution >= 0.6 is 11.6 Å². The molecular formula is C25H24ClN3O4. The third kappa shape index (κ3) is 5.32. The zero-order chi connectivity index (χ0) is 23.4. The Morgan fingerprint density at radius 3 is 2.67 bits per heavy atom. The van der Waals surface area contributed by atoms with Gasteiger partial charge in [-0.05, 0) is 55.8 Å². The second-order valence-electron chi connectivity index (χ2n) is 7.56. The van der Waals surface area contributed by atoms with Gasteiger partial charge in [-0.1, -0.05) is 18.5 Å². The van der Waals surface area contributed by atoms with Gasteiger partial charge in [-0.15, -0.1) is 0 Å². The lowest BCUT2D eigenvalue weighted by Gasteiger charge is -2.18. The monoisotopic (exact) mass is 465 g/mol. The Kier molecular flexibility index (Phi) is 6.91. The molecule has 2 heterocycles. The molecule has 0 saturated carbocycles. The SMILES string of the molecule is CCC(COC)Oc1cc(Oc2ccc(C(C)=O)cc2Cl)cc(-c2nc3ncccc3[nH]2)c1. The van der Waals surface area contributed by atoms with Crippen molar-refractivity contribution >= 4 is 28.5 Å². The van der Waals surface area contributed by atoms with Gasteiger partial charge in [-0.25, -0.2) is 9.97 Å². The number of aromatic nitrogens is 3. The van der Waals surface area contributed by atoms with E-state index in [1.54, 1.807) is 37.6 Å². The molecule has 0 bridgehead atoms. The molecule has 1 atom stereocenters. The van der Waals surface area contributed by atoms with Crippen LogP contribution < -0.4 is 9.47 Å². The van der Waals surface area contributed by atoms with Crippen LogP contribution in [0.5, 0.6) is 17.2 Å². The van der Waals surface area contributed by atoms with E-state index in [0.29, 0.717) is 45.9 Å². The van der Waals surface area contributed by atoms with Gasteiger partial charge >= 0.3 is 0 Å². The molecule has 33 heavy (non-hydrogen) atoms. The van der Waals surface area contributed by atoms with E-state index in [1.165, 1.54) is 6.92 Å². The number of rotatable bonds is 9. The quantitative estimate of drug-likeness (QED) is 0.301. The van der Waals surface area contributed by atoms with Crippen molar-refractivity contribution in [2.45, 2.75) is 26.4 Å². The summed E-state index contributed by atoms with van der Waals surface area (Å²) >= 11 is 6.37. The topological polar surface area (TPSA) is 86.3 Å². The first-order valence-electron chi connectivity index (χ1n) is 10.6. The number of benzene rings is 2. The first-order chi connectivity index (χ1) is 16.0. The van der Waals surface area contributed by atoms with Crippen molar-refractivity contribution in [3.05, 3.63) is 65.3 Å². The number of fused-ring (bicyclic) bond motifs is 1. The lowest BCUT2D eigenvalue weighted by molar-refractivity contribution is 0.0787. The van der Waals surface area contributed by atoms with Crippen LogP contribution in [0.3, 0.4) is 0 Å². The fourth-order valence-corrected chi connectivity index (χ4v) is 3.58. The molecule has 1 N–H and O–H groups in total. The number of methoxy groups -OCH3 is 1. The number of pyridine rings is 1. The smallest absolute Gasteiger partial charge is 0.178 e. The number of nitrogens with one attached hydrogen (secondary N) is 1. The average Bonchev–Trinajstić information content (AvgIpc) is 3.24. The van der Waals surface area contributed by atoms with E-state index in [1.807, 2.05) is 31.2 Å². The Hall–Kier alpha value is -3.42. The normalized spacial score (nSPS) is 12.0. The molecule has 170 valence electrons. The summed E-state index contributed by atoms with van der Waals surface area (Å²) in [5, 5.41) is 0.342. The summed E-state index contributed by atoms with van der Waals surface area (Å²) in [7, 11) is 1.64. The van der Waals surface area contributed by atoms with Gasteiger partial charge in [0.15, 0.2) is 11.4 Å². The van der Waals surface area contributed by atoms with Crippen LogP contribution in [0, 0.1) is 0 Å². The van der Waals surface area contributed by atoms with E-state index in [-0.39, 0.29) is 11.9 Å². The maximum absolute atomic E-state index is 11.6. The number of carbonyl (C=O) groups is 1. The molecule has 8 heteroatoms. The summed E-state index contributed by atoms with van der Waals surface area (Å²) in [6.45, 7) is 3.99. The highest BCUT2D eigenvalue weighted by Gasteiger charge is 2.15. The summed E-state index contributed by atoms with van der Waals surface area (Å²) in [6.07, 6.45) is 2.36. The highest BCUT2D eigenvalue weighted by atomic mass is 35.5. The molecule has 0 amide bonds. The summed E-state index contributed by atoms with van der Waals surface area (Å²) < 4.78 is 17.5. The zero-order valence-electron chi connectivity index (χ0n) is 18.6. The summed E-state index contributed by atoms with van der Waals surface area (Å²) in [5.41, 5.74) is 2.74. The van der Waals surface area contributed by atoms with E-state index in [4.69, 9.17) is 25.8 Å². The van der Waals surface area contributed by atoms with E-state index >= 15 is 0 Å². The van der Waals surface area contributed by atoms with E-state index in [9.17, 15) is 4.79 Å². The predicted octanol–water partition coefficient (Wildman–Crippen LogP) is 6.08. The summed E-state index contributed by atoms with van der Waals surface area (Å²) in [6, 6.07) is 14.2. The fourth-order valence-electron chi connectivity index (χ4n) is 3.36. The molecule has 7 nitrogen and oxygen atoms in total. The molecule has 0 spiro atoms. The van der Waals surface area contributed by atoms with Crippen LogP contribution in [0.2, 0.25) is 5.02 Å². The standard InChI is InChI=1S/C25H24ClN3O4/c1-4-18(14-31-3)32-19-10-17(24-28-22-6-5-9-27-25(22)29-24)11-20(13-19)33-23-8-7-16(15(2)30)12-21(23)26/h5-13,18H,4,14H2,1-3H3,(H,27,28,29). The number of hydrogen-bond acceptors (Lipinski definition) is 6. The van der Waals surface area contributed by atoms with Crippen molar-refractivity contribution in [2.75, 3.05) is 13.7 Å². The van der Waals surface area contributed by atoms with Gasteiger partial charge in [0.1, 0.15) is 29.2 Å². The first kappa shape index (κ1) is 22.8. The second-order valence-corrected chi connectivity index (χ2v) is 7.97. The Morgan fingerprint density at radius 1 is 1.15 bits per heavy atom. The Bertz CT molecular complexity index is 1250. The molecule has 0 aliphatic heterocycles. The van der Waals surface area contributed by atoms with Crippen molar-refractivity contribution in [1.82, 2.24) is 15.0 Å². The number of imidazole rings is 1. The number of hydrogen-bond donors (Lipinski definition) is 1. The largest absolute Gasteiger partial charge is 0.488 e. The maximum atomic E-state index is 11.6. The van der Waals surface area contributed by atoms with Crippen molar-refractivity contribution in [3.8, 4) is 28.6 Å². The van der Waals surface area contributed by atoms with Gasteiger partial charge in [0, 0.05) is 30.5 Å². The van der Waals surface area contributed by atoms with Crippen LogP contribution in [-0.4, -0.2) is 40.6 Å². The molecule has 0 aliphatic rings. The average molecular weight is 466 g/mol. The van der Waals surface area contributed by atoms with Gasteiger partial charge in [0.2, 0.25) is 0 Å². The number of Topliss-reactive ketones (excluding diaryl/α,β-unsaturated/α-hetero) is 1. The minimum Gasteiger partial charge on any atom is -0.488 e. The molecule has 4 rings (SSSR count). The number of nitrogens with zero attached hydrogens (tertiary/aromatic N) is 2. The Labute approximate surface area is 196 Å². The highest BCUT2D eigenvalue weighted by molar-refractivity contribution is 6.32. The molecular weight excluding hydrogens is 442 g/mol. The van der Waals surface area contributed by atoms with Crippen molar-refractivity contribution in [3.63, 3.8) is 0 Å². The Morgan fingerprint density at radius 2 is 1.97 bits per heavy atom. The van der Waals surface area contributed by atoms with E-state index < -0.39 is 0 Å². The van der Waals surface area contributed by atoms with Crippen LogP contribution in [0.25, 0.3) is 22.6 Å². The third-order valence-corrected chi connectivity index (χ3v) is 5.38. The summed E-state index contributed by atoms with van der Waals surface area (Å²) in [5.74, 6) is 2.12. The number of aromatic amines is 1. The fraction of sp³-hybridized carbons (Fsp3) is 0.240. The molecule has 4 aromatic rings. The first-order valence-corrected chi connectivity index (χ1v) is 10.9. The van der Waals surface area contributed by atoms with Gasteiger partial charge in [-0.3, -0.25) is 4.79 Å². The lowest BCUT2D eigenvalue weighted by Crippen LogP contribution is -2.21. The molecule has 0 fully saturated rings. The van der Waals surface area contributed by atoms with Gasteiger partial charge in [-0.2, -0.15) is 0 Å².